The fourth-order valence-electron chi connectivity index (χ4n) is 2.60. The molecule has 0 spiro atoms. The van der Waals surface area contributed by atoms with Crippen LogP contribution >= 0.6 is 0 Å². The van der Waals surface area contributed by atoms with Gasteiger partial charge >= 0.3 is 0 Å². The molecule has 2 rings (SSSR count). The maximum absolute atomic E-state index is 5.56. The minimum Gasteiger partial charge on any atom is -0.427 e. The highest BCUT2D eigenvalue weighted by atomic mass is 28.2. The van der Waals surface area contributed by atoms with Crippen molar-refractivity contribution in [2.45, 2.75) is 50.4 Å². The molecule has 0 aromatic carbocycles. The Bertz CT molecular complexity index is 193. The molecule has 13 heavy (non-hydrogen) atoms. The molecular formula is C10H20O2Si. The number of hydrogen-bond acceptors (Lipinski definition) is 2. The van der Waals surface area contributed by atoms with Crippen LogP contribution in [0, 0.1) is 5.92 Å². The highest BCUT2D eigenvalue weighted by Gasteiger charge is 2.47. The molecule has 1 saturated carbocycles. The number of rotatable bonds is 3. The van der Waals surface area contributed by atoms with Gasteiger partial charge in [0.25, 0.3) is 0 Å². The van der Waals surface area contributed by atoms with E-state index < -0.39 is 0 Å². The summed E-state index contributed by atoms with van der Waals surface area (Å²) in [4.78, 5) is 0. The zero-order valence-electron chi connectivity index (χ0n) is 8.88. The maximum atomic E-state index is 5.56. The first kappa shape index (κ1) is 9.68. The van der Waals surface area contributed by atoms with Gasteiger partial charge in [0.15, 0.2) is 9.76 Å². The van der Waals surface area contributed by atoms with Crippen molar-refractivity contribution in [1.29, 1.82) is 0 Å². The van der Waals surface area contributed by atoms with E-state index in [9.17, 15) is 0 Å². The highest BCUT2D eigenvalue weighted by molar-refractivity contribution is 6.32. The minimum absolute atomic E-state index is 0.355. The molecule has 3 heteroatoms. The summed E-state index contributed by atoms with van der Waals surface area (Å²) < 4.78 is 11.0. The van der Waals surface area contributed by atoms with E-state index in [2.05, 4.69) is 13.8 Å². The Morgan fingerprint density at radius 1 is 1.31 bits per heavy atom. The second-order valence-corrected chi connectivity index (χ2v) is 7.83. The van der Waals surface area contributed by atoms with Gasteiger partial charge in [-0.25, -0.2) is 0 Å². The van der Waals surface area contributed by atoms with Crippen molar-refractivity contribution in [2.75, 3.05) is 7.11 Å². The van der Waals surface area contributed by atoms with E-state index in [-0.39, 0.29) is 9.76 Å². The molecule has 2 fully saturated rings. The molecule has 76 valence electrons. The minimum atomic E-state index is -0.355. The van der Waals surface area contributed by atoms with E-state index >= 15 is 0 Å². The molecule has 1 heterocycles. The maximum Gasteiger partial charge on any atom is 0.166 e. The van der Waals surface area contributed by atoms with Crippen LogP contribution in [0.1, 0.15) is 33.1 Å². The lowest BCUT2D eigenvalue weighted by Crippen LogP contribution is -2.29. The summed E-state index contributed by atoms with van der Waals surface area (Å²) in [6.45, 7) is 4.74. The van der Waals surface area contributed by atoms with Crippen molar-refractivity contribution < 1.29 is 9.16 Å². The molecule has 0 N–H and O–H groups in total. The Kier molecular flexibility index (Phi) is 2.51. The summed E-state index contributed by atoms with van der Waals surface area (Å²) in [5.41, 5.74) is 0. The summed E-state index contributed by atoms with van der Waals surface area (Å²) in [6.07, 6.45) is 5.18. The highest BCUT2D eigenvalue weighted by Crippen LogP contribution is 2.48. The standard InChI is InChI=1S/C10H20O2Si/c1-10(2,13-11-3)7-4-5-8-9(6-7)12-8/h7-9H,4-6,13H2,1-3H3. The van der Waals surface area contributed by atoms with Crippen LogP contribution in [0.4, 0.5) is 0 Å². The molecule has 0 amide bonds. The first-order valence-electron chi connectivity index (χ1n) is 5.28. The molecule has 2 nitrogen and oxygen atoms in total. The Balaban J connectivity index is 1.91. The van der Waals surface area contributed by atoms with Crippen molar-refractivity contribution >= 4 is 9.76 Å². The van der Waals surface area contributed by atoms with Gasteiger partial charge in [-0.15, -0.1) is 0 Å². The average Bonchev–Trinajstić information content (AvgIpc) is 2.80. The Hall–Kier alpha value is 0.137. The predicted molar refractivity (Wildman–Crippen MR) is 55.6 cm³/mol. The van der Waals surface area contributed by atoms with Gasteiger partial charge in [-0.2, -0.15) is 0 Å². The van der Waals surface area contributed by atoms with Crippen molar-refractivity contribution in [3.63, 3.8) is 0 Å². The smallest absolute Gasteiger partial charge is 0.166 e. The fraction of sp³-hybridized carbons (Fsp3) is 1.00. The molecule has 0 radical (unpaired) electrons. The molecular weight excluding hydrogens is 180 g/mol. The zero-order valence-corrected chi connectivity index (χ0v) is 10.3. The lowest BCUT2D eigenvalue weighted by molar-refractivity contribution is 0.282. The second kappa shape index (κ2) is 3.37. The van der Waals surface area contributed by atoms with Crippen LogP contribution in [0.25, 0.3) is 0 Å². The van der Waals surface area contributed by atoms with Gasteiger partial charge in [0, 0.05) is 7.11 Å². The lowest BCUT2D eigenvalue weighted by atomic mass is 9.81. The van der Waals surface area contributed by atoms with Crippen LogP contribution in [0.5, 0.6) is 0 Å². The molecule has 1 aliphatic carbocycles. The number of hydrogen-bond donors (Lipinski definition) is 0. The normalized spacial score (nSPS) is 39.5. The van der Waals surface area contributed by atoms with Gasteiger partial charge in [-0.3, -0.25) is 0 Å². The zero-order chi connectivity index (χ0) is 9.47. The Labute approximate surface area is 82.9 Å². The van der Waals surface area contributed by atoms with Gasteiger partial charge in [-0.05, 0) is 30.2 Å². The van der Waals surface area contributed by atoms with E-state index in [0.717, 1.165) is 5.92 Å². The molecule has 2 aliphatic rings. The summed E-state index contributed by atoms with van der Waals surface area (Å²) in [7, 11) is 1.50. The van der Waals surface area contributed by atoms with Gasteiger partial charge in [0.1, 0.15) is 0 Å². The van der Waals surface area contributed by atoms with Crippen LogP contribution in [0.15, 0.2) is 0 Å². The third-order valence-electron chi connectivity index (χ3n) is 3.63. The lowest BCUT2D eigenvalue weighted by Gasteiger charge is -2.34. The van der Waals surface area contributed by atoms with Gasteiger partial charge in [-0.1, -0.05) is 13.8 Å². The molecule has 3 atom stereocenters. The predicted octanol–water partition coefficient (Wildman–Crippen LogP) is 1.48. The third-order valence-corrected chi connectivity index (χ3v) is 5.24. The summed E-state index contributed by atoms with van der Waals surface area (Å²) >= 11 is 0. The molecule has 1 aliphatic heterocycles. The van der Waals surface area contributed by atoms with Gasteiger partial charge < -0.3 is 9.16 Å². The first-order chi connectivity index (χ1) is 6.13. The van der Waals surface area contributed by atoms with Crippen LogP contribution in [-0.4, -0.2) is 29.1 Å². The molecule has 1 saturated heterocycles. The molecule has 0 bridgehead atoms. The number of fused-ring (bicyclic) bond motifs is 1. The van der Waals surface area contributed by atoms with Crippen molar-refractivity contribution in [1.82, 2.24) is 0 Å². The summed E-state index contributed by atoms with van der Waals surface area (Å²) in [5, 5.41) is 0.464. The Morgan fingerprint density at radius 2 is 2.08 bits per heavy atom. The van der Waals surface area contributed by atoms with Crippen LogP contribution in [0.2, 0.25) is 5.04 Å². The van der Waals surface area contributed by atoms with Crippen LogP contribution in [-0.2, 0) is 9.16 Å². The molecule has 3 unspecified atom stereocenters. The van der Waals surface area contributed by atoms with E-state index in [1.165, 1.54) is 19.3 Å². The fourth-order valence-corrected chi connectivity index (χ4v) is 3.95. The second-order valence-electron chi connectivity index (χ2n) is 5.14. The summed E-state index contributed by atoms with van der Waals surface area (Å²) in [6, 6.07) is 0. The van der Waals surface area contributed by atoms with Gasteiger partial charge in [0.2, 0.25) is 0 Å². The van der Waals surface area contributed by atoms with Gasteiger partial charge in [0.05, 0.1) is 12.2 Å². The van der Waals surface area contributed by atoms with Crippen molar-refractivity contribution in [3.8, 4) is 0 Å². The topological polar surface area (TPSA) is 21.8 Å². The SMILES string of the molecule is CO[SiH2]C(C)(C)C1CCC2OC2C1. The third kappa shape index (κ3) is 1.97. The van der Waals surface area contributed by atoms with E-state index in [1.807, 2.05) is 7.11 Å². The first-order valence-corrected chi connectivity index (χ1v) is 6.56. The summed E-state index contributed by atoms with van der Waals surface area (Å²) in [5.74, 6) is 0.850. The van der Waals surface area contributed by atoms with Crippen LogP contribution in [0.3, 0.4) is 0 Å². The van der Waals surface area contributed by atoms with E-state index in [4.69, 9.17) is 9.16 Å². The van der Waals surface area contributed by atoms with E-state index in [0.29, 0.717) is 17.2 Å². The average molecular weight is 200 g/mol. The largest absolute Gasteiger partial charge is 0.427 e. The number of epoxide rings is 1. The van der Waals surface area contributed by atoms with E-state index in [1.54, 1.807) is 0 Å². The quantitative estimate of drug-likeness (QED) is 0.508. The van der Waals surface area contributed by atoms with Crippen molar-refractivity contribution in [3.05, 3.63) is 0 Å². The van der Waals surface area contributed by atoms with Crippen LogP contribution < -0.4 is 0 Å². The molecule has 0 aromatic heterocycles. The Morgan fingerprint density at radius 3 is 2.69 bits per heavy atom. The van der Waals surface area contributed by atoms with Crippen molar-refractivity contribution in [2.24, 2.45) is 5.92 Å². The molecule has 0 aromatic rings. The monoisotopic (exact) mass is 200 g/mol. The number of ether oxygens (including phenoxy) is 1.